The summed E-state index contributed by atoms with van der Waals surface area (Å²) in [4.78, 5) is 3.10. The summed E-state index contributed by atoms with van der Waals surface area (Å²) in [5, 5.41) is 8.78. The van der Waals surface area contributed by atoms with Crippen molar-refractivity contribution in [3.63, 3.8) is 0 Å². The molecule has 0 aliphatic carbocycles. The van der Waals surface area contributed by atoms with Gasteiger partial charge in [-0.2, -0.15) is 5.26 Å². The standard InChI is InChI=1S/C12H8N2S/c13-8-9-2-1-3-10(6-9)12-7-11(15)4-5-14-12/h1-7H,(H,14,15). The van der Waals surface area contributed by atoms with E-state index in [-0.39, 0.29) is 0 Å². The van der Waals surface area contributed by atoms with Gasteiger partial charge in [-0.05, 0) is 29.8 Å². The molecule has 1 aromatic heterocycles. The molecule has 3 heteroatoms. The Morgan fingerprint density at radius 3 is 2.80 bits per heavy atom. The van der Waals surface area contributed by atoms with Crippen LogP contribution < -0.4 is 0 Å². The highest BCUT2D eigenvalue weighted by atomic mass is 32.1. The van der Waals surface area contributed by atoms with E-state index in [2.05, 4.69) is 11.1 Å². The smallest absolute Gasteiger partial charge is 0.0991 e. The average Bonchev–Trinajstić information content (AvgIpc) is 2.29. The molecule has 0 saturated heterocycles. The number of rotatable bonds is 1. The number of hydrogen-bond acceptors (Lipinski definition) is 2. The van der Waals surface area contributed by atoms with E-state index in [1.807, 2.05) is 30.3 Å². The highest BCUT2D eigenvalue weighted by molar-refractivity contribution is 7.71. The van der Waals surface area contributed by atoms with Crippen LogP contribution in [0.15, 0.2) is 42.6 Å². The number of nitrogens with one attached hydrogen (secondary N) is 1. The van der Waals surface area contributed by atoms with Crippen molar-refractivity contribution in [1.82, 2.24) is 4.98 Å². The van der Waals surface area contributed by atoms with Gasteiger partial charge >= 0.3 is 0 Å². The van der Waals surface area contributed by atoms with Gasteiger partial charge in [0.05, 0.1) is 11.6 Å². The fourth-order valence-corrected chi connectivity index (χ4v) is 1.55. The van der Waals surface area contributed by atoms with Gasteiger partial charge < -0.3 is 4.98 Å². The average molecular weight is 212 g/mol. The van der Waals surface area contributed by atoms with E-state index in [1.165, 1.54) is 0 Å². The van der Waals surface area contributed by atoms with Crippen LogP contribution in [0, 0.1) is 15.8 Å². The van der Waals surface area contributed by atoms with Gasteiger partial charge in [-0.3, -0.25) is 0 Å². The van der Waals surface area contributed by atoms with Crippen molar-refractivity contribution in [2.75, 3.05) is 0 Å². The molecule has 72 valence electrons. The Labute approximate surface area is 92.8 Å². The molecule has 15 heavy (non-hydrogen) atoms. The Bertz CT molecular complexity index is 578. The zero-order valence-electron chi connectivity index (χ0n) is 7.90. The van der Waals surface area contributed by atoms with Crippen LogP contribution in [0.4, 0.5) is 0 Å². The largest absolute Gasteiger partial charge is 0.361 e. The number of hydrogen-bond donors (Lipinski definition) is 1. The van der Waals surface area contributed by atoms with E-state index in [9.17, 15) is 0 Å². The van der Waals surface area contributed by atoms with Crippen molar-refractivity contribution in [3.8, 4) is 17.3 Å². The first-order valence-electron chi connectivity index (χ1n) is 4.49. The van der Waals surface area contributed by atoms with Crippen molar-refractivity contribution in [2.24, 2.45) is 0 Å². The lowest BCUT2D eigenvalue weighted by atomic mass is 10.1. The van der Waals surface area contributed by atoms with E-state index in [4.69, 9.17) is 17.5 Å². The number of nitriles is 1. The minimum absolute atomic E-state index is 0.649. The van der Waals surface area contributed by atoms with Gasteiger partial charge in [0.2, 0.25) is 0 Å². The summed E-state index contributed by atoms with van der Waals surface area (Å²) in [7, 11) is 0. The molecule has 1 heterocycles. The zero-order valence-corrected chi connectivity index (χ0v) is 8.71. The van der Waals surface area contributed by atoms with Crippen LogP contribution in [0.25, 0.3) is 11.3 Å². The summed E-state index contributed by atoms with van der Waals surface area (Å²) in [6.45, 7) is 0. The maximum Gasteiger partial charge on any atom is 0.0991 e. The molecule has 0 bridgehead atoms. The quantitative estimate of drug-likeness (QED) is 0.737. The van der Waals surface area contributed by atoms with E-state index in [1.54, 1.807) is 12.3 Å². The normalized spacial score (nSPS) is 9.53. The lowest BCUT2D eigenvalue weighted by Gasteiger charge is -2.01. The number of aromatic nitrogens is 1. The second-order valence-corrected chi connectivity index (χ2v) is 3.60. The van der Waals surface area contributed by atoms with Crippen LogP contribution in [0.5, 0.6) is 0 Å². The summed E-state index contributed by atoms with van der Waals surface area (Å²) < 4.78 is 0.783. The van der Waals surface area contributed by atoms with Gasteiger partial charge in [-0.1, -0.05) is 24.4 Å². The van der Waals surface area contributed by atoms with Gasteiger partial charge in [0.25, 0.3) is 0 Å². The molecule has 2 rings (SSSR count). The summed E-state index contributed by atoms with van der Waals surface area (Å²) in [5.74, 6) is 0. The van der Waals surface area contributed by atoms with Gasteiger partial charge in [0.15, 0.2) is 0 Å². The van der Waals surface area contributed by atoms with E-state index in [0.717, 1.165) is 15.8 Å². The lowest BCUT2D eigenvalue weighted by Crippen LogP contribution is -1.83. The number of benzene rings is 1. The van der Waals surface area contributed by atoms with Gasteiger partial charge in [-0.25, -0.2) is 0 Å². The molecule has 0 spiro atoms. The molecule has 2 nitrogen and oxygen atoms in total. The Kier molecular flexibility index (Phi) is 2.61. The molecule has 1 N–H and O–H groups in total. The molecule has 0 amide bonds. The summed E-state index contributed by atoms with van der Waals surface area (Å²) >= 11 is 5.08. The fourth-order valence-electron chi connectivity index (χ4n) is 1.37. The third kappa shape index (κ3) is 2.12. The van der Waals surface area contributed by atoms with Crippen molar-refractivity contribution in [3.05, 3.63) is 52.7 Å². The van der Waals surface area contributed by atoms with Crippen LogP contribution >= 0.6 is 12.2 Å². The first kappa shape index (κ1) is 9.63. The van der Waals surface area contributed by atoms with E-state index < -0.39 is 0 Å². The van der Waals surface area contributed by atoms with Gasteiger partial charge in [-0.15, -0.1) is 0 Å². The van der Waals surface area contributed by atoms with Crippen molar-refractivity contribution >= 4 is 12.2 Å². The predicted octanol–water partition coefficient (Wildman–Crippen LogP) is 3.28. The summed E-state index contributed by atoms with van der Waals surface area (Å²) in [6, 6.07) is 13.2. The summed E-state index contributed by atoms with van der Waals surface area (Å²) in [6.07, 6.45) is 1.80. The molecule has 0 unspecified atom stereocenters. The van der Waals surface area contributed by atoms with Crippen LogP contribution in [0.2, 0.25) is 0 Å². The molecule has 0 radical (unpaired) electrons. The van der Waals surface area contributed by atoms with Crippen molar-refractivity contribution in [1.29, 1.82) is 5.26 Å². The number of nitrogens with zero attached hydrogens (tertiary/aromatic N) is 1. The zero-order chi connectivity index (χ0) is 10.7. The molecule has 0 aliphatic heterocycles. The molecule has 2 aromatic rings. The monoisotopic (exact) mass is 212 g/mol. The van der Waals surface area contributed by atoms with Crippen molar-refractivity contribution < 1.29 is 0 Å². The second kappa shape index (κ2) is 4.07. The third-order valence-electron chi connectivity index (χ3n) is 2.08. The SMILES string of the molecule is N#Cc1cccc(-c2cc(=S)cc[nH]2)c1. The molecule has 1 aromatic carbocycles. The Hall–Kier alpha value is -1.92. The van der Waals surface area contributed by atoms with Gasteiger partial charge in [0, 0.05) is 16.4 Å². The first-order chi connectivity index (χ1) is 7.29. The molecular weight excluding hydrogens is 204 g/mol. The van der Waals surface area contributed by atoms with Gasteiger partial charge in [0.1, 0.15) is 0 Å². The van der Waals surface area contributed by atoms with Crippen LogP contribution in [-0.4, -0.2) is 4.98 Å². The molecular formula is C12H8N2S. The minimum Gasteiger partial charge on any atom is -0.361 e. The molecule has 0 saturated carbocycles. The Morgan fingerprint density at radius 1 is 1.20 bits per heavy atom. The van der Waals surface area contributed by atoms with Crippen LogP contribution in [0.1, 0.15) is 5.56 Å². The maximum atomic E-state index is 8.78. The first-order valence-corrected chi connectivity index (χ1v) is 4.90. The highest BCUT2D eigenvalue weighted by Crippen LogP contribution is 2.17. The highest BCUT2D eigenvalue weighted by Gasteiger charge is 1.98. The lowest BCUT2D eigenvalue weighted by molar-refractivity contribution is 1.32. The minimum atomic E-state index is 0.649. The fraction of sp³-hybridized carbons (Fsp3) is 0. The Balaban J connectivity index is 2.55. The van der Waals surface area contributed by atoms with E-state index >= 15 is 0 Å². The summed E-state index contributed by atoms with van der Waals surface area (Å²) in [5.41, 5.74) is 2.55. The number of pyridine rings is 1. The number of H-pyrrole nitrogens is 1. The third-order valence-corrected chi connectivity index (χ3v) is 2.33. The van der Waals surface area contributed by atoms with Crippen molar-refractivity contribution in [2.45, 2.75) is 0 Å². The second-order valence-electron chi connectivity index (χ2n) is 3.13. The van der Waals surface area contributed by atoms with Crippen LogP contribution in [0.3, 0.4) is 0 Å². The predicted molar refractivity (Wildman–Crippen MR) is 61.8 cm³/mol. The molecule has 0 atom stereocenters. The molecule has 0 fully saturated rings. The number of aromatic amines is 1. The topological polar surface area (TPSA) is 39.6 Å². The Morgan fingerprint density at radius 2 is 2.07 bits per heavy atom. The van der Waals surface area contributed by atoms with Crippen LogP contribution in [-0.2, 0) is 0 Å². The maximum absolute atomic E-state index is 8.78. The van der Waals surface area contributed by atoms with E-state index in [0.29, 0.717) is 5.56 Å². The molecule has 0 aliphatic rings.